The van der Waals surface area contributed by atoms with Crippen LogP contribution in [0.4, 0.5) is 5.00 Å². The van der Waals surface area contributed by atoms with E-state index < -0.39 is 5.97 Å². The van der Waals surface area contributed by atoms with Gasteiger partial charge in [-0.15, -0.1) is 11.3 Å². The van der Waals surface area contributed by atoms with Crippen molar-refractivity contribution in [3.8, 4) is 11.1 Å². The number of rotatable bonds is 5. The van der Waals surface area contributed by atoms with Crippen LogP contribution in [0.25, 0.3) is 17.2 Å². The summed E-state index contributed by atoms with van der Waals surface area (Å²) in [4.78, 5) is 24.9. The Kier molecular flexibility index (Phi) is 6.98. The molecule has 0 aliphatic rings. The lowest BCUT2D eigenvalue weighted by Gasteiger charge is -2.18. The predicted octanol–water partition coefficient (Wildman–Crippen LogP) is 6.80. The van der Waals surface area contributed by atoms with Crippen LogP contribution in [0.5, 0.6) is 0 Å². The van der Waals surface area contributed by atoms with E-state index in [-0.39, 0.29) is 11.3 Å². The molecule has 0 atom stereocenters. The quantitative estimate of drug-likeness (QED) is 0.341. The van der Waals surface area contributed by atoms with E-state index in [0.717, 1.165) is 11.1 Å². The lowest BCUT2D eigenvalue weighted by Crippen LogP contribution is -2.11. The van der Waals surface area contributed by atoms with Crippen molar-refractivity contribution in [2.24, 2.45) is 0 Å². The van der Waals surface area contributed by atoms with Crippen LogP contribution >= 0.6 is 22.9 Å². The highest BCUT2D eigenvalue weighted by Gasteiger charge is 2.22. The minimum atomic E-state index is -0.511. The van der Waals surface area contributed by atoms with Crippen molar-refractivity contribution in [1.82, 2.24) is 0 Å². The van der Waals surface area contributed by atoms with Gasteiger partial charge in [0.15, 0.2) is 0 Å². The number of nitrogens with one attached hydrogen (secondary N) is 1. The molecule has 3 rings (SSSR count). The molecule has 0 aliphatic heterocycles. The molecule has 1 amide bonds. The van der Waals surface area contributed by atoms with Crippen LogP contribution in [-0.4, -0.2) is 19.0 Å². The van der Waals surface area contributed by atoms with Crippen molar-refractivity contribution in [3.05, 3.63) is 81.7 Å². The van der Waals surface area contributed by atoms with Gasteiger partial charge in [0, 0.05) is 22.0 Å². The Labute approximate surface area is 191 Å². The van der Waals surface area contributed by atoms with E-state index >= 15 is 0 Å². The van der Waals surface area contributed by atoms with E-state index in [0.29, 0.717) is 21.2 Å². The van der Waals surface area contributed by atoms with Gasteiger partial charge >= 0.3 is 5.97 Å². The van der Waals surface area contributed by atoms with Crippen molar-refractivity contribution < 1.29 is 14.3 Å². The molecule has 1 aromatic heterocycles. The fourth-order valence-corrected chi connectivity index (χ4v) is 4.10. The van der Waals surface area contributed by atoms with Gasteiger partial charge in [-0.2, -0.15) is 0 Å². The number of amides is 1. The predicted molar refractivity (Wildman–Crippen MR) is 129 cm³/mol. The number of carbonyl (C=O) groups is 2. The first kappa shape index (κ1) is 22.8. The Bertz CT molecular complexity index is 1110. The standard InChI is InChI=1S/C25H24ClNO3S/c1-25(2,3)18-10-5-16(6-11-18)7-14-21(28)27-23-22(24(29)30-4)20(15-31-23)17-8-12-19(26)13-9-17/h5-15H,1-4H3,(H,27,28)/b14-7+. The zero-order valence-corrected chi connectivity index (χ0v) is 19.4. The molecule has 0 unspecified atom stereocenters. The van der Waals surface area contributed by atoms with Gasteiger partial charge in [0.25, 0.3) is 0 Å². The number of thiophene rings is 1. The highest BCUT2D eigenvalue weighted by Crippen LogP contribution is 2.36. The second-order valence-corrected chi connectivity index (χ2v) is 9.36. The van der Waals surface area contributed by atoms with E-state index in [1.165, 1.54) is 30.1 Å². The monoisotopic (exact) mass is 453 g/mol. The summed E-state index contributed by atoms with van der Waals surface area (Å²) in [6.07, 6.45) is 3.20. The molecular formula is C25H24ClNO3S. The van der Waals surface area contributed by atoms with Gasteiger partial charge in [0.2, 0.25) is 5.91 Å². The second kappa shape index (κ2) is 9.50. The lowest BCUT2D eigenvalue weighted by molar-refractivity contribution is -0.111. The van der Waals surface area contributed by atoms with Crippen molar-refractivity contribution >= 4 is 45.9 Å². The molecule has 0 spiro atoms. The molecule has 0 saturated heterocycles. The number of methoxy groups -OCH3 is 1. The summed E-state index contributed by atoms with van der Waals surface area (Å²) in [6, 6.07) is 15.2. The number of ether oxygens (including phenoxy) is 1. The summed E-state index contributed by atoms with van der Waals surface area (Å²) >= 11 is 7.24. The minimum absolute atomic E-state index is 0.0743. The zero-order chi connectivity index (χ0) is 22.6. The van der Waals surface area contributed by atoms with Crippen LogP contribution in [0.15, 0.2) is 60.0 Å². The molecule has 1 heterocycles. The van der Waals surface area contributed by atoms with Crippen LogP contribution in [0.2, 0.25) is 5.02 Å². The summed E-state index contributed by atoms with van der Waals surface area (Å²) in [6.45, 7) is 6.47. The maximum Gasteiger partial charge on any atom is 0.341 e. The molecule has 2 aromatic carbocycles. The number of hydrogen-bond acceptors (Lipinski definition) is 4. The summed E-state index contributed by atoms with van der Waals surface area (Å²) in [5, 5.41) is 5.66. The first-order valence-corrected chi connectivity index (χ1v) is 11.0. The third-order valence-corrected chi connectivity index (χ3v) is 5.92. The number of carbonyl (C=O) groups excluding carboxylic acids is 2. The van der Waals surface area contributed by atoms with Crippen LogP contribution in [-0.2, 0) is 14.9 Å². The molecule has 4 nitrogen and oxygen atoms in total. The van der Waals surface area contributed by atoms with Crippen LogP contribution < -0.4 is 5.32 Å². The highest BCUT2D eigenvalue weighted by molar-refractivity contribution is 7.15. The molecule has 0 radical (unpaired) electrons. The molecule has 0 fully saturated rings. The van der Waals surface area contributed by atoms with Gasteiger partial charge < -0.3 is 10.1 Å². The third-order valence-electron chi connectivity index (χ3n) is 4.78. The molecule has 3 aromatic rings. The zero-order valence-electron chi connectivity index (χ0n) is 17.9. The largest absolute Gasteiger partial charge is 0.465 e. The van der Waals surface area contributed by atoms with Gasteiger partial charge in [0.05, 0.1) is 7.11 Å². The Balaban J connectivity index is 1.80. The Hall–Kier alpha value is -2.89. The van der Waals surface area contributed by atoms with E-state index in [1.807, 2.05) is 29.6 Å². The maximum atomic E-state index is 12.5. The molecule has 0 aliphatic carbocycles. The van der Waals surface area contributed by atoms with Crippen LogP contribution in [0, 0.1) is 0 Å². The van der Waals surface area contributed by atoms with E-state index in [2.05, 4.69) is 38.2 Å². The smallest absolute Gasteiger partial charge is 0.341 e. The fraction of sp³-hybridized carbons (Fsp3) is 0.200. The van der Waals surface area contributed by atoms with Gasteiger partial charge in [-0.25, -0.2) is 4.79 Å². The number of anilines is 1. The number of benzene rings is 2. The summed E-state index contributed by atoms with van der Waals surface area (Å²) in [7, 11) is 1.32. The van der Waals surface area contributed by atoms with Crippen LogP contribution in [0.1, 0.15) is 42.3 Å². The maximum absolute atomic E-state index is 12.5. The number of esters is 1. The average molecular weight is 454 g/mol. The molecule has 0 saturated carbocycles. The van der Waals surface area contributed by atoms with Gasteiger partial charge in [-0.05, 0) is 40.3 Å². The summed E-state index contributed by atoms with van der Waals surface area (Å²) < 4.78 is 4.94. The normalized spacial score (nSPS) is 11.5. The van der Waals surface area contributed by atoms with Crippen molar-refractivity contribution in [2.75, 3.05) is 12.4 Å². The average Bonchev–Trinajstić information content (AvgIpc) is 3.15. The number of halogens is 1. The molecule has 6 heteroatoms. The first-order valence-electron chi connectivity index (χ1n) is 9.74. The third kappa shape index (κ3) is 5.63. The first-order chi connectivity index (χ1) is 14.7. The van der Waals surface area contributed by atoms with Gasteiger partial charge in [-0.1, -0.05) is 68.8 Å². The van der Waals surface area contributed by atoms with Crippen molar-refractivity contribution in [1.29, 1.82) is 0 Å². The lowest BCUT2D eigenvalue weighted by atomic mass is 9.87. The van der Waals surface area contributed by atoms with Crippen molar-refractivity contribution in [3.63, 3.8) is 0 Å². The topological polar surface area (TPSA) is 55.4 Å². The molecule has 1 N–H and O–H groups in total. The van der Waals surface area contributed by atoms with E-state index in [4.69, 9.17) is 16.3 Å². The SMILES string of the molecule is COC(=O)c1c(-c2ccc(Cl)cc2)csc1NC(=O)/C=C/c1ccc(C(C)(C)C)cc1. The Morgan fingerprint density at radius 2 is 1.68 bits per heavy atom. The fourth-order valence-electron chi connectivity index (χ4n) is 3.02. The molecule has 160 valence electrons. The minimum Gasteiger partial charge on any atom is -0.465 e. The Morgan fingerprint density at radius 3 is 2.26 bits per heavy atom. The highest BCUT2D eigenvalue weighted by atomic mass is 35.5. The van der Waals surface area contributed by atoms with Gasteiger partial charge in [-0.3, -0.25) is 4.79 Å². The molecule has 31 heavy (non-hydrogen) atoms. The molecule has 0 bridgehead atoms. The van der Waals surface area contributed by atoms with Crippen molar-refractivity contribution in [2.45, 2.75) is 26.2 Å². The van der Waals surface area contributed by atoms with Crippen LogP contribution in [0.3, 0.4) is 0 Å². The number of hydrogen-bond donors (Lipinski definition) is 1. The van der Waals surface area contributed by atoms with E-state index in [9.17, 15) is 9.59 Å². The van der Waals surface area contributed by atoms with Gasteiger partial charge in [0.1, 0.15) is 10.6 Å². The Morgan fingerprint density at radius 1 is 1.03 bits per heavy atom. The summed E-state index contributed by atoms with van der Waals surface area (Å²) in [5.41, 5.74) is 4.05. The second-order valence-electron chi connectivity index (χ2n) is 8.05. The summed E-state index contributed by atoms with van der Waals surface area (Å²) in [5.74, 6) is -0.835. The van der Waals surface area contributed by atoms with E-state index in [1.54, 1.807) is 18.2 Å². The molecular weight excluding hydrogens is 430 g/mol.